The summed E-state index contributed by atoms with van der Waals surface area (Å²) in [6, 6.07) is 4.40. The number of hydrogen-bond acceptors (Lipinski definition) is 4. The molecule has 0 saturated carbocycles. The maximum Gasteiger partial charge on any atom is 0.151 e. The molecule has 0 aromatic heterocycles. The van der Waals surface area contributed by atoms with Crippen LogP contribution in [0.15, 0.2) is 23.3 Å². The number of carbonyl (C=O) groups is 1. The Balaban J connectivity index is 2.76. The fourth-order valence-corrected chi connectivity index (χ4v) is 1.67. The molecule has 0 radical (unpaired) electrons. The van der Waals surface area contributed by atoms with Crippen molar-refractivity contribution < 1.29 is 15.0 Å². The molecule has 1 rings (SSSR count). The fraction of sp³-hybridized carbons (Fsp3) is 0.364. The molecule has 2 N–H and O–H groups in total. The van der Waals surface area contributed by atoms with Crippen LogP contribution in [0.1, 0.15) is 28.4 Å². The number of hydrogen-bond donors (Lipinski definition) is 2. The van der Waals surface area contributed by atoms with E-state index in [9.17, 15) is 15.0 Å². The number of aldehydes is 1. The van der Waals surface area contributed by atoms with Gasteiger partial charge in [0.05, 0.1) is 11.1 Å². The molecule has 18 heavy (non-hydrogen) atoms. The molecule has 0 fully saturated rings. The van der Waals surface area contributed by atoms with E-state index in [2.05, 4.69) is 10.0 Å². The lowest BCUT2D eigenvalue weighted by molar-refractivity contribution is 0.0150. The Morgan fingerprint density at radius 2 is 2.22 bits per heavy atom. The minimum atomic E-state index is -1.14. The highest BCUT2D eigenvalue weighted by Gasteiger charge is 2.18. The molecule has 0 spiro atoms. The lowest BCUT2D eigenvalue weighted by atomic mass is 10.0. The Morgan fingerprint density at radius 3 is 2.78 bits per heavy atom. The summed E-state index contributed by atoms with van der Waals surface area (Å²) in [7, 11) is 0. The van der Waals surface area contributed by atoms with Crippen molar-refractivity contribution >= 4 is 17.9 Å². The molecule has 0 amide bonds. The Bertz CT molecular complexity index is 475. The zero-order valence-corrected chi connectivity index (χ0v) is 10.2. The monoisotopic (exact) mass is 269 g/mol. The van der Waals surface area contributed by atoms with Gasteiger partial charge in [-0.25, -0.2) is 0 Å². The number of halogens is 1. The first-order valence-corrected chi connectivity index (χ1v) is 5.59. The molecule has 0 aliphatic heterocycles. The molecule has 0 aliphatic rings. The number of aliphatic hydroxyl groups is 2. The average Bonchev–Trinajstić information content (AvgIpc) is 2.38. The highest BCUT2D eigenvalue weighted by Crippen LogP contribution is 2.24. The normalized spacial score (nSPS) is 13.5. The van der Waals surface area contributed by atoms with Gasteiger partial charge in [-0.2, -0.15) is 0 Å². The molecule has 2 atom stereocenters. The van der Waals surface area contributed by atoms with E-state index in [1.54, 1.807) is 0 Å². The lowest BCUT2D eigenvalue weighted by Crippen LogP contribution is -2.19. The molecule has 7 heteroatoms. The van der Waals surface area contributed by atoms with Crippen molar-refractivity contribution in [3.05, 3.63) is 44.8 Å². The van der Waals surface area contributed by atoms with Crippen molar-refractivity contribution in [2.75, 3.05) is 6.54 Å². The zero-order valence-electron chi connectivity index (χ0n) is 9.40. The number of aliphatic hydroxyl groups excluding tert-OH is 2. The second-order valence-electron chi connectivity index (χ2n) is 3.65. The van der Waals surface area contributed by atoms with Gasteiger partial charge in [0.25, 0.3) is 0 Å². The number of nitrogens with zero attached hydrogens (tertiary/aromatic N) is 3. The molecular formula is C11H12ClN3O3. The van der Waals surface area contributed by atoms with Crippen LogP contribution in [-0.4, -0.2) is 29.1 Å². The summed E-state index contributed by atoms with van der Waals surface area (Å²) in [5.74, 6) is 0. The molecule has 96 valence electrons. The van der Waals surface area contributed by atoms with Crippen LogP contribution in [0.4, 0.5) is 0 Å². The highest BCUT2D eigenvalue weighted by atomic mass is 35.5. The minimum Gasteiger partial charge on any atom is -0.390 e. The third-order valence-corrected chi connectivity index (χ3v) is 2.77. The predicted octanol–water partition coefficient (Wildman–Crippen LogP) is 2.25. The van der Waals surface area contributed by atoms with Crippen LogP contribution in [-0.2, 0) is 0 Å². The molecule has 6 nitrogen and oxygen atoms in total. The first-order chi connectivity index (χ1) is 8.60. The average molecular weight is 270 g/mol. The van der Waals surface area contributed by atoms with E-state index in [0.29, 0.717) is 17.4 Å². The Labute approximate surface area is 108 Å². The molecular weight excluding hydrogens is 258 g/mol. The van der Waals surface area contributed by atoms with Crippen LogP contribution in [0.3, 0.4) is 0 Å². The minimum absolute atomic E-state index is 0.0921. The second-order valence-corrected chi connectivity index (χ2v) is 4.06. The number of rotatable bonds is 6. The number of azide groups is 1. The second kappa shape index (κ2) is 6.98. The van der Waals surface area contributed by atoms with Crippen LogP contribution in [0.25, 0.3) is 10.4 Å². The first-order valence-electron chi connectivity index (χ1n) is 5.21. The molecule has 0 aliphatic carbocycles. The van der Waals surface area contributed by atoms with E-state index in [1.807, 2.05) is 0 Å². The summed E-state index contributed by atoms with van der Waals surface area (Å²) in [5.41, 5.74) is 8.81. The van der Waals surface area contributed by atoms with Crippen LogP contribution < -0.4 is 0 Å². The summed E-state index contributed by atoms with van der Waals surface area (Å²) in [4.78, 5) is 13.1. The van der Waals surface area contributed by atoms with Crippen LogP contribution in [0, 0.1) is 0 Å². The molecule has 1 aromatic rings. The van der Waals surface area contributed by atoms with Gasteiger partial charge in [-0.3, -0.25) is 4.79 Å². The maximum absolute atomic E-state index is 10.6. The number of carbonyl (C=O) groups excluding carboxylic acids is 1. The van der Waals surface area contributed by atoms with Gasteiger partial charge in [0, 0.05) is 17.0 Å². The van der Waals surface area contributed by atoms with Gasteiger partial charge in [0.15, 0.2) is 6.29 Å². The predicted molar refractivity (Wildman–Crippen MR) is 66.4 cm³/mol. The first kappa shape index (κ1) is 14.5. The van der Waals surface area contributed by atoms with Crippen molar-refractivity contribution in [1.29, 1.82) is 0 Å². The van der Waals surface area contributed by atoms with Gasteiger partial charge in [0.2, 0.25) is 0 Å². The van der Waals surface area contributed by atoms with E-state index in [4.69, 9.17) is 17.1 Å². The van der Waals surface area contributed by atoms with Crippen molar-refractivity contribution in [3.63, 3.8) is 0 Å². The van der Waals surface area contributed by atoms with E-state index < -0.39 is 12.2 Å². The van der Waals surface area contributed by atoms with Gasteiger partial charge in [-0.05, 0) is 29.6 Å². The van der Waals surface area contributed by atoms with E-state index >= 15 is 0 Å². The van der Waals surface area contributed by atoms with Crippen molar-refractivity contribution in [1.82, 2.24) is 0 Å². The summed E-state index contributed by atoms with van der Waals surface area (Å²) in [6.45, 7) is 0.0921. The summed E-state index contributed by atoms with van der Waals surface area (Å²) < 4.78 is 0. The SMILES string of the molecule is [N-]=[N+]=NCCC(O)C(O)c1ccc(C=O)c(Cl)c1. The summed E-state index contributed by atoms with van der Waals surface area (Å²) >= 11 is 5.81. The smallest absolute Gasteiger partial charge is 0.151 e. The van der Waals surface area contributed by atoms with Crippen LogP contribution in [0.2, 0.25) is 5.02 Å². The maximum atomic E-state index is 10.6. The molecule has 0 bridgehead atoms. The van der Waals surface area contributed by atoms with Gasteiger partial charge in [-0.15, -0.1) is 0 Å². The van der Waals surface area contributed by atoms with Crippen molar-refractivity contribution in [2.45, 2.75) is 18.6 Å². The third kappa shape index (κ3) is 3.72. The molecule has 1 aromatic carbocycles. The molecule has 0 heterocycles. The Hall–Kier alpha value is -1.59. The zero-order chi connectivity index (χ0) is 13.5. The topological polar surface area (TPSA) is 106 Å². The Kier molecular flexibility index (Phi) is 5.61. The van der Waals surface area contributed by atoms with Crippen LogP contribution >= 0.6 is 11.6 Å². The van der Waals surface area contributed by atoms with E-state index in [-0.39, 0.29) is 18.0 Å². The molecule has 0 saturated heterocycles. The lowest BCUT2D eigenvalue weighted by Gasteiger charge is -2.17. The largest absolute Gasteiger partial charge is 0.390 e. The number of benzene rings is 1. The quantitative estimate of drug-likeness (QED) is 0.358. The van der Waals surface area contributed by atoms with Crippen LogP contribution in [0.5, 0.6) is 0 Å². The summed E-state index contributed by atoms with van der Waals surface area (Å²) in [6.07, 6.45) is -1.46. The van der Waals surface area contributed by atoms with Gasteiger partial charge in [0.1, 0.15) is 6.10 Å². The van der Waals surface area contributed by atoms with E-state index in [1.165, 1.54) is 18.2 Å². The Morgan fingerprint density at radius 1 is 1.50 bits per heavy atom. The van der Waals surface area contributed by atoms with Crippen molar-refractivity contribution in [2.24, 2.45) is 5.11 Å². The third-order valence-electron chi connectivity index (χ3n) is 2.45. The summed E-state index contributed by atoms with van der Waals surface area (Å²) in [5, 5.41) is 23.0. The van der Waals surface area contributed by atoms with E-state index in [0.717, 1.165) is 0 Å². The fourth-order valence-electron chi connectivity index (χ4n) is 1.44. The molecule has 2 unspecified atom stereocenters. The van der Waals surface area contributed by atoms with Gasteiger partial charge in [-0.1, -0.05) is 22.8 Å². The highest BCUT2D eigenvalue weighted by molar-refractivity contribution is 6.33. The van der Waals surface area contributed by atoms with Gasteiger partial charge < -0.3 is 10.2 Å². The van der Waals surface area contributed by atoms with Gasteiger partial charge >= 0.3 is 0 Å². The standard InChI is InChI=1S/C11H12ClN3O3/c12-9-5-7(1-2-8(9)6-16)11(18)10(17)3-4-14-15-13/h1-2,5-6,10-11,17-18H,3-4H2. The van der Waals surface area contributed by atoms with Crippen molar-refractivity contribution in [3.8, 4) is 0 Å².